The Kier molecular flexibility index (Phi) is 9.90. The van der Waals surface area contributed by atoms with Crippen LogP contribution in [0.3, 0.4) is 0 Å². The van der Waals surface area contributed by atoms with Gasteiger partial charge >= 0.3 is 6.18 Å². The summed E-state index contributed by atoms with van der Waals surface area (Å²) in [5.74, 6) is 0.0408. The lowest BCUT2D eigenvalue weighted by Gasteiger charge is -2.16. The van der Waals surface area contributed by atoms with Gasteiger partial charge < -0.3 is 24.4 Å². The highest BCUT2D eigenvalue weighted by Crippen LogP contribution is 2.38. The van der Waals surface area contributed by atoms with Gasteiger partial charge in [-0.15, -0.1) is 0 Å². The van der Waals surface area contributed by atoms with Crippen molar-refractivity contribution >= 4 is 33.4 Å². The fourth-order valence-electron chi connectivity index (χ4n) is 6.29. The molecule has 1 saturated heterocycles. The van der Waals surface area contributed by atoms with E-state index >= 15 is 4.39 Å². The highest BCUT2D eigenvalue weighted by atomic mass is 19.4. The van der Waals surface area contributed by atoms with Gasteiger partial charge in [0.05, 0.1) is 41.6 Å². The third-order valence-electron chi connectivity index (χ3n) is 8.94. The highest BCUT2D eigenvalue weighted by Gasteiger charge is 2.30. The molecular formula is C40H34F4N4O4. The number of aromatic nitrogens is 2. The maximum atomic E-state index is 15.5. The molecule has 8 nitrogen and oxygen atoms in total. The molecule has 0 radical (unpaired) electrons. The lowest BCUT2D eigenvalue weighted by atomic mass is 10.0. The number of pyridine rings is 2. The normalized spacial score (nSPS) is 13.4. The lowest BCUT2D eigenvalue weighted by molar-refractivity contribution is -0.137. The summed E-state index contributed by atoms with van der Waals surface area (Å²) in [4.78, 5) is 25.0. The zero-order valence-corrected chi connectivity index (χ0v) is 28.2. The van der Waals surface area contributed by atoms with Crippen LogP contribution in [0.1, 0.15) is 35.2 Å². The summed E-state index contributed by atoms with van der Waals surface area (Å²) in [7, 11) is 1.55. The molecule has 12 heteroatoms. The molecule has 3 heterocycles. The Morgan fingerprint density at radius 3 is 2.38 bits per heavy atom. The molecule has 0 bridgehead atoms. The van der Waals surface area contributed by atoms with Gasteiger partial charge in [0.1, 0.15) is 5.75 Å². The number of para-hydroxylation sites is 1. The van der Waals surface area contributed by atoms with Gasteiger partial charge in [-0.25, -0.2) is 9.37 Å². The average Bonchev–Trinajstić information content (AvgIpc) is 3.67. The van der Waals surface area contributed by atoms with Crippen LogP contribution < -0.4 is 19.5 Å². The second kappa shape index (κ2) is 14.8. The van der Waals surface area contributed by atoms with Crippen LogP contribution in [0.25, 0.3) is 33.1 Å². The Balaban J connectivity index is 1.08. The number of alkyl halides is 3. The first-order valence-corrected chi connectivity index (χ1v) is 16.8. The van der Waals surface area contributed by atoms with E-state index < -0.39 is 23.5 Å². The van der Waals surface area contributed by atoms with Gasteiger partial charge in [-0.2, -0.15) is 13.2 Å². The number of benzene rings is 4. The average molecular weight is 711 g/mol. The Labute approximate surface area is 297 Å². The predicted molar refractivity (Wildman–Crippen MR) is 191 cm³/mol. The fourth-order valence-corrected chi connectivity index (χ4v) is 6.29. The van der Waals surface area contributed by atoms with E-state index in [0.717, 1.165) is 44.3 Å². The van der Waals surface area contributed by atoms with Crippen molar-refractivity contribution in [3.8, 4) is 34.3 Å². The first kappa shape index (κ1) is 34.7. The second-order valence-corrected chi connectivity index (χ2v) is 12.4. The number of likely N-dealkylation sites (tertiary alicyclic amines) is 1. The predicted octanol–water partition coefficient (Wildman–Crippen LogP) is 9.53. The number of carbonyl (C=O) groups is 1. The molecule has 0 unspecified atom stereocenters. The highest BCUT2D eigenvalue weighted by molar-refractivity contribution is 6.13. The van der Waals surface area contributed by atoms with Crippen LogP contribution in [-0.2, 0) is 6.18 Å². The third-order valence-corrected chi connectivity index (χ3v) is 8.94. The first-order chi connectivity index (χ1) is 25.2. The van der Waals surface area contributed by atoms with E-state index in [1.54, 1.807) is 55.8 Å². The standard InChI is InChI=1S/C40H34F4N4O4/c1-50-37-23-30-34(24-38(37)51-20-6-19-48-17-4-5-18-48)45-16-15-35(30)52-36-14-13-27(21-31(36)41)46-39(49)29-22-33(47-32-8-3-2-7-28(29)32)25-9-11-26(12-10-25)40(42,43)44/h2-3,7-16,21-24H,4-6,17-20H2,1H3,(H,46,49). The van der Waals surface area contributed by atoms with Crippen LogP contribution in [0.2, 0.25) is 0 Å². The van der Waals surface area contributed by atoms with E-state index in [1.807, 2.05) is 0 Å². The molecule has 0 spiro atoms. The Hall–Kier alpha value is -5.75. The number of anilines is 1. The summed E-state index contributed by atoms with van der Waals surface area (Å²) >= 11 is 0. The number of rotatable bonds is 11. The molecule has 1 aliphatic rings. The van der Waals surface area contributed by atoms with Gasteiger partial charge in [-0.3, -0.25) is 9.78 Å². The van der Waals surface area contributed by atoms with Crippen molar-refractivity contribution in [2.24, 2.45) is 0 Å². The molecule has 4 aromatic carbocycles. The van der Waals surface area contributed by atoms with E-state index in [1.165, 1.54) is 43.2 Å². The second-order valence-electron chi connectivity index (χ2n) is 12.4. The molecule has 0 aliphatic carbocycles. The molecule has 1 aliphatic heterocycles. The van der Waals surface area contributed by atoms with Crippen molar-refractivity contribution in [2.45, 2.75) is 25.4 Å². The molecule has 52 heavy (non-hydrogen) atoms. The summed E-state index contributed by atoms with van der Waals surface area (Å²) in [6.07, 6.45) is 0.442. The number of halogens is 4. The van der Waals surface area contributed by atoms with Crippen LogP contribution in [0, 0.1) is 5.82 Å². The summed E-state index contributed by atoms with van der Waals surface area (Å²) < 4.78 is 72.6. The summed E-state index contributed by atoms with van der Waals surface area (Å²) in [6, 6.07) is 22.2. The number of amides is 1. The van der Waals surface area contributed by atoms with Crippen LogP contribution in [0.4, 0.5) is 23.2 Å². The molecule has 0 saturated carbocycles. The zero-order valence-electron chi connectivity index (χ0n) is 28.2. The minimum absolute atomic E-state index is 0.0781. The van der Waals surface area contributed by atoms with Crippen LogP contribution in [0.15, 0.2) is 97.2 Å². The first-order valence-electron chi connectivity index (χ1n) is 16.8. The minimum atomic E-state index is -4.48. The van der Waals surface area contributed by atoms with Crippen molar-refractivity contribution in [1.82, 2.24) is 14.9 Å². The van der Waals surface area contributed by atoms with Crippen molar-refractivity contribution in [3.05, 3.63) is 114 Å². The molecule has 1 N–H and O–H groups in total. The molecule has 266 valence electrons. The molecular weight excluding hydrogens is 676 g/mol. The number of methoxy groups -OCH3 is 1. The molecule has 6 aromatic rings. The molecule has 0 atom stereocenters. The number of ether oxygens (including phenoxy) is 3. The van der Waals surface area contributed by atoms with Crippen molar-refractivity contribution in [3.63, 3.8) is 0 Å². The van der Waals surface area contributed by atoms with Crippen LogP contribution in [0.5, 0.6) is 23.0 Å². The van der Waals surface area contributed by atoms with Gasteiger partial charge in [0, 0.05) is 46.9 Å². The number of hydrogen-bond donors (Lipinski definition) is 1. The van der Waals surface area contributed by atoms with E-state index in [4.69, 9.17) is 14.2 Å². The largest absolute Gasteiger partial charge is 0.493 e. The molecule has 7 rings (SSSR count). The van der Waals surface area contributed by atoms with Crippen molar-refractivity contribution in [2.75, 3.05) is 38.7 Å². The Morgan fingerprint density at radius 2 is 1.63 bits per heavy atom. The topological polar surface area (TPSA) is 85.8 Å². The summed E-state index contributed by atoms with van der Waals surface area (Å²) in [6.45, 7) is 3.77. The number of nitrogens with zero attached hydrogens (tertiary/aromatic N) is 3. The Bertz CT molecular complexity index is 2240. The van der Waals surface area contributed by atoms with Crippen LogP contribution >= 0.6 is 0 Å². The monoisotopic (exact) mass is 710 g/mol. The summed E-state index contributed by atoms with van der Waals surface area (Å²) in [5.41, 5.74) is 1.35. The maximum absolute atomic E-state index is 15.5. The van der Waals surface area contributed by atoms with Gasteiger partial charge in [0.25, 0.3) is 5.91 Å². The Morgan fingerprint density at radius 1 is 0.846 bits per heavy atom. The number of nitrogens with one attached hydrogen (secondary N) is 1. The van der Waals surface area contributed by atoms with Gasteiger partial charge in [-0.1, -0.05) is 30.3 Å². The van der Waals surface area contributed by atoms with Crippen molar-refractivity contribution in [1.29, 1.82) is 0 Å². The van der Waals surface area contributed by atoms with Gasteiger partial charge in [0.2, 0.25) is 0 Å². The molecule has 1 fully saturated rings. The fraction of sp³-hybridized carbons (Fsp3) is 0.225. The van der Waals surface area contributed by atoms with Crippen molar-refractivity contribution < 1.29 is 36.6 Å². The maximum Gasteiger partial charge on any atom is 0.416 e. The number of fused-ring (bicyclic) bond motifs is 2. The SMILES string of the molecule is COc1cc2c(Oc3ccc(NC(=O)c4cc(-c5ccc(C(F)(F)F)cc5)nc5ccccc45)cc3F)ccnc2cc1OCCCN1CCCC1. The van der Waals surface area contributed by atoms with Crippen LogP contribution in [-0.4, -0.2) is 54.1 Å². The van der Waals surface area contributed by atoms with E-state index in [-0.39, 0.29) is 17.0 Å². The zero-order chi connectivity index (χ0) is 36.2. The van der Waals surface area contributed by atoms with Gasteiger partial charge in [-0.05, 0) is 80.9 Å². The quantitative estimate of drug-likeness (QED) is 0.106. The smallest absolute Gasteiger partial charge is 0.416 e. The minimum Gasteiger partial charge on any atom is -0.493 e. The number of hydrogen-bond acceptors (Lipinski definition) is 7. The van der Waals surface area contributed by atoms with E-state index in [9.17, 15) is 18.0 Å². The van der Waals surface area contributed by atoms with Gasteiger partial charge in [0.15, 0.2) is 23.1 Å². The molecule has 1 amide bonds. The number of carbonyl (C=O) groups excluding carboxylic acids is 1. The summed E-state index contributed by atoms with van der Waals surface area (Å²) in [5, 5.41) is 3.84. The van der Waals surface area contributed by atoms with E-state index in [2.05, 4.69) is 20.2 Å². The molecule has 2 aromatic heterocycles. The van der Waals surface area contributed by atoms with E-state index in [0.29, 0.717) is 56.9 Å². The lowest BCUT2D eigenvalue weighted by Crippen LogP contribution is -2.21. The third kappa shape index (κ3) is 7.62.